The molecule has 2 aromatic carbocycles. The molecule has 0 aromatic heterocycles. The van der Waals surface area contributed by atoms with Gasteiger partial charge in [-0.1, -0.05) is 6.07 Å². The van der Waals surface area contributed by atoms with E-state index >= 15 is 0 Å². The number of primary sulfonamides is 1. The van der Waals surface area contributed by atoms with Gasteiger partial charge in [0.1, 0.15) is 5.75 Å². The number of carbonyl (C=O) groups is 2. The average Bonchev–Trinajstić information content (AvgIpc) is 2.84. The third-order valence-corrected chi connectivity index (χ3v) is 5.05. The summed E-state index contributed by atoms with van der Waals surface area (Å²) in [5.41, 5.74) is 0.667. The van der Waals surface area contributed by atoms with Gasteiger partial charge in [-0.25, -0.2) is 23.3 Å². The molecule has 1 aliphatic rings. The van der Waals surface area contributed by atoms with Crippen molar-refractivity contribution in [3.63, 3.8) is 0 Å². The Hall–Kier alpha value is -2.69. The van der Waals surface area contributed by atoms with Crippen LogP contribution < -0.4 is 10.0 Å². The van der Waals surface area contributed by atoms with Gasteiger partial charge < -0.3 is 9.84 Å². The molecule has 0 radical (unpaired) electrons. The molecule has 0 saturated carbocycles. The number of imide groups is 1. The van der Waals surface area contributed by atoms with Crippen molar-refractivity contribution in [2.75, 3.05) is 4.90 Å². The molecular weight excluding hydrogens is 428 g/mol. The number of carbonyl (C=O) groups excluding carboxylic acids is 2. The number of rotatable bonds is 3. The molecule has 0 atom stereocenters. The summed E-state index contributed by atoms with van der Waals surface area (Å²) in [7, 11) is -3.89. The van der Waals surface area contributed by atoms with Gasteiger partial charge in [-0.3, -0.25) is 4.79 Å². The van der Waals surface area contributed by atoms with Gasteiger partial charge in [0.25, 0.3) is 0 Å². The van der Waals surface area contributed by atoms with Gasteiger partial charge in [-0.05, 0) is 64.0 Å². The van der Waals surface area contributed by atoms with E-state index in [1.165, 1.54) is 42.5 Å². The molecule has 0 spiro atoms. The monoisotopic (exact) mass is 438 g/mol. The molecule has 1 fully saturated rings. The summed E-state index contributed by atoms with van der Waals surface area (Å²) in [6, 6.07) is 9.43. The molecule has 1 aliphatic heterocycles. The molecule has 3 rings (SSSR count). The molecule has 1 heterocycles. The smallest absolute Gasteiger partial charge is 0.427 e. The highest BCUT2D eigenvalue weighted by Gasteiger charge is 2.37. The number of phenolic OH excluding ortho intramolecular Hbond substituents is 1. The third kappa shape index (κ3) is 3.47. The summed E-state index contributed by atoms with van der Waals surface area (Å²) in [6.45, 7) is 0. The molecule has 10 heteroatoms. The number of phenols is 1. The minimum absolute atomic E-state index is 0.0264. The summed E-state index contributed by atoms with van der Waals surface area (Å²) < 4.78 is 28.0. The number of sulfonamides is 1. The lowest BCUT2D eigenvalue weighted by atomic mass is 10.2. The lowest BCUT2D eigenvalue weighted by Gasteiger charge is -2.10. The van der Waals surface area contributed by atoms with Crippen molar-refractivity contribution in [3.05, 3.63) is 58.3 Å². The van der Waals surface area contributed by atoms with Crippen LogP contribution in [0.5, 0.6) is 5.75 Å². The molecule has 26 heavy (non-hydrogen) atoms. The molecule has 1 saturated heterocycles. The average molecular weight is 439 g/mol. The topological polar surface area (TPSA) is 127 Å². The van der Waals surface area contributed by atoms with Crippen molar-refractivity contribution < 1.29 is 27.9 Å². The van der Waals surface area contributed by atoms with E-state index in [-0.39, 0.29) is 22.1 Å². The molecular formula is C16H11BrN2O6S. The van der Waals surface area contributed by atoms with E-state index in [9.17, 15) is 23.1 Å². The highest BCUT2D eigenvalue weighted by Crippen LogP contribution is 2.29. The quantitative estimate of drug-likeness (QED) is 0.707. The number of cyclic esters (lactones) is 1. The van der Waals surface area contributed by atoms with Crippen LogP contribution in [0.1, 0.15) is 5.56 Å². The lowest BCUT2D eigenvalue weighted by molar-refractivity contribution is -0.114. The van der Waals surface area contributed by atoms with E-state index in [0.29, 0.717) is 10.0 Å². The van der Waals surface area contributed by atoms with Crippen molar-refractivity contribution in [3.8, 4) is 5.75 Å². The van der Waals surface area contributed by atoms with Gasteiger partial charge in [0.2, 0.25) is 10.0 Å². The maximum atomic E-state index is 12.5. The Morgan fingerprint density at radius 3 is 2.35 bits per heavy atom. The summed E-state index contributed by atoms with van der Waals surface area (Å²) in [6.07, 6.45) is 0.436. The second-order valence-electron chi connectivity index (χ2n) is 5.27. The largest absolute Gasteiger partial charge is 0.507 e. The van der Waals surface area contributed by atoms with Crippen LogP contribution in [-0.2, 0) is 19.6 Å². The zero-order valence-electron chi connectivity index (χ0n) is 12.9. The molecule has 0 unspecified atom stereocenters. The fourth-order valence-electron chi connectivity index (χ4n) is 2.24. The lowest BCUT2D eigenvalue weighted by Crippen LogP contribution is -2.28. The standard InChI is InChI=1S/C16H11BrN2O6S/c17-12-7-9(1-6-13(12)20)8-14-15(21)19(16(22)25-14)10-2-4-11(5-3-10)26(18,23)24/h1-8,20H,(H2,18,23,24)/b14-8-. The van der Waals surface area contributed by atoms with Crippen LogP contribution in [0.2, 0.25) is 0 Å². The van der Waals surface area contributed by atoms with Crippen LogP contribution in [0.25, 0.3) is 6.08 Å². The highest BCUT2D eigenvalue weighted by atomic mass is 79.9. The number of ether oxygens (including phenoxy) is 1. The van der Waals surface area contributed by atoms with Crippen LogP contribution in [0, 0.1) is 0 Å². The van der Waals surface area contributed by atoms with E-state index < -0.39 is 22.0 Å². The summed E-state index contributed by atoms with van der Waals surface area (Å²) in [5, 5.41) is 14.5. The van der Waals surface area contributed by atoms with Crippen LogP contribution in [0.4, 0.5) is 10.5 Å². The molecule has 8 nitrogen and oxygen atoms in total. The van der Waals surface area contributed by atoms with Crippen molar-refractivity contribution in [2.24, 2.45) is 5.14 Å². The first-order chi connectivity index (χ1) is 12.2. The maximum absolute atomic E-state index is 12.5. The zero-order chi connectivity index (χ0) is 19.1. The summed E-state index contributed by atoms with van der Waals surface area (Å²) in [4.78, 5) is 25.1. The van der Waals surface area contributed by atoms with Crippen LogP contribution in [-0.4, -0.2) is 25.5 Å². The Balaban J connectivity index is 1.91. The Kier molecular flexibility index (Phi) is 4.57. The van der Waals surface area contributed by atoms with Gasteiger partial charge >= 0.3 is 12.0 Å². The fourth-order valence-corrected chi connectivity index (χ4v) is 3.15. The number of halogens is 1. The van der Waals surface area contributed by atoms with Crippen LogP contribution >= 0.6 is 15.9 Å². The molecule has 0 aliphatic carbocycles. The van der Waals surface area contributed by atoms with Gasteiger partial charge in [-0.15, -0.1) is 0 Å². The van der Waals surface area contributed by atoms with E-state index in [0.717, 1.165) is 4.90 Å². The van der Waals surface area contributed by atoms with Gasteiger partial charge in [0.15, 0.2) is 5.76 Å². The van der Waals surface area contributed by atoms with Crippen LogP contribution in [0.15, 0.2) is 57.6 Å². The second kappa shape index (κ2) is 6.56. The normalized spacial score (nSPS) is 16.2. The first-order valence-electron chi connectivity index (χ1n) is 7.06. The number of nitrogens with two attached hydrogens (primary N) is 1. The molecule has 2 aromatic rings. The molecule has 2 amide bonds. The predicted octanol–water partition coefficient (Wildman–Crippen LogP) is 2.33. The van der Waals surface area contributed by atoms with Gasteiger partial charge in [0, 0.05) is 0 Å². The molecule has 3 N–H and O–H groups in total. The number of aromatic hydroxyl groups is 1. The van der Waals surface area contributed by atoms with E-state index in [1.807, 2.05) is 0 Å². The van der Waals surface area contributed by atoms with Crippen molar-refractivity contribution >= 4 is 49.7 Å². The van der Waals surface area contributed by atoms with Crippen LogP contribution in [0.3, 0.4) is 0 Å². The minimum atomic E-state index is -3.89. The maximum Gasteiger partial charge on any atom is 0.427 e. The number of nitrogens with zero attached hydrogens (tertiary/aromatic N) is 1. The zero-order valence-corrected chi connectivity index (χ0v) is 15.3. The predicted molar refractivity (Wildman–Crippen MR) is 95.6 cm³/mol. The summed E-state index contributed by atoms with van der Waals surface area (Å²) >= 11 is 3.15. The summed E-state index contributed by atoms with van der Waals surface area (Å²) in [5.74, 6) is -0.885. The third-order valence-electron chi connectivity index (χ3n) is 3.49. The van der Waals surface area contributed by atoms with Crippen molar-refractivity contribution in [2.45, 2.75) is 4.90 Å². The molecule has 134 valence electrons. The van der Waals surface area contributed by atoms with Crippen molar-refractivity contribution in [1.29, 1.82) is 0 Å². The molecule has 0 bridgehead atoms. The Bertz CT molecular complexity index is 1050. The SMILES string of the molecule is NS(=O)(=O)c1ccc(N2C(=O)O/C(=C\c3ccc(O)c(Br)c3)C2=O)cc1. The highest BCUT2D eigenvalue weighted by molar-refractivity contribution is 9.10. The van der Waals surface area contributed by atoms with Gasteiger partial charge in [0.05, 0.1) is 15.1 Å². The number of anilines is 1. The first-order valence-corrected chi connectivity index (χ1v) is 9.40. The Morgan fingerprint density at radius 2 is 1.77 bits per heavy atom. The number of hydrogen-bond acceptors (Lipinski definition) is 6. The number of hydrogen-bond donors (Lipinski definition) is 2. The Labute approximate surface area is 156 Å². The first kappa shape index (κ1) is 18.1. The van der Waals surface area contributed by atoms with Crippen molar-refractivity contribution in [1.82, 2.24) is 0 Å². The second-order valence-corrected chi connectivity index (χ2v) is 7.68. The van der Waals surface area contributed by atoms with E-state index in [4.69, 9.17) is 9.88 Å². The van der Waals surface area contributed by atoms with E-state index in [2.05, 4.69) is 15.9 Å². The fraction of sp³-hybridized carbons (Fsp3) is 0. The number of amides is 2. The van der Waals surface area contributed by atoms with Gasteiger partial charge in [-0.2, -0.15) is 0 Å². The minimum Gasteiger partial charge on any atom is -0.507 e. The van der Waals surface area contributed by atoms with E-state index in [1.54, 1.807) is 6.07 Å². The Morgan fingerprint density at radius 1 is 1.12 bits per heavy atom. The number of benzene rings is 2.